The molecule has 2 aliphatic rings. The maximum Gasteiger partial charge on any atom is 0.410 e. The van der Waals surface area contributed by atoms with Crippen LogP contribution in [0, 0.1) is 5.41 Å². The van der Waals surface area contributed by atoms with Crippen molar-refractivity contribution in [1.29, 1.82) is 0 Å². The van der Waals surface area contributed by atoms with Gasteiger partial charge in [0, 0.05) is 24.7 Å². The highest BCUT2D eigenvalue weighted by atomic mass is 16.6. The highest BCUT2D eigenvalue weighted by Gasteiger charge is 2.35. The first-order chi connectivity index (χ1) is 34.0. The van der Waals surface area contributed by atoms with Gasteiger partial charge in [-0.3, -0.25) is 14.5 Å². The molecule has 15 nitrogen and oxygen atoms in total. The van der Waals surface area contributed by atoms with Gasteiger partial charge in [-0.1, -0.05) is 87.5 Å². The van der Waals surface area contributed by atoms with Crippen LogP contribution < -0.4 is 25.4 Å². The van der Waals surface area contributed by atoms with Gasteiger partial charge in [-0.2, -0.15) is 0 Å². The molecule has 4 aromatic carbocycles. The number of alkyl carbamates (subject to hydrolysis) is 2. The number of carbonyl (C=O) groups is 5. The van der Waals surface area contributed by atoms with Crippen molar-refractivity contribution in [3.8, 4) is 22.6 Å². The van der Waals surface area contributed by atoms with E-state index in [1.165, 1.54) is 4.90 Å². The maximum atomic E-state index is 14.2. The zero-order valence-corrected chi connectivity index (χ0v) is 42.6. The number of benzene rings is 4. The molecule has 15 heteroatoms. The third-order valence-corrected chi connectivity index (χ3v) is 13.0. The lowest BCUT2D eigenvalue weighted by atomic mass is 9.92. The van der Waals surface area contributed by atoms with Crippen molar-refractivity contribution in [1.82, 2.24) is 15.5 Å². The Bertz CT molecular complexity index is 2420. The number of rotatable bonds is 22. The van der Waals surface area contributed by atoms with E-state index in [-0.39, 0.29) is 43.3 Å². The SMILES string of the molecule is CCC(C)(C)COCC(=O)C1CCCCN1C(=O)OC(CCc1ccc(OC)c(OC)c1)c1cccc(NC(=O)C(CCCNC(=O)OCC2c3ccccc3-c3ccccc32)NC(=O)OC(C)(C)C)c1. The molecule has 0 spiro atoms. The predicted molar refractivity (Wildman–Crippen MR) is 272 cm³/mol. The minimum Gasteiger partial charge on any atom is -0.493 e. The third kappa shape index (κ3) is 15.2. The molecular formula is C56H72N4O11. The molecule has 4 aromatic rings. The Morgan fingerprint density at radius 1 is 0.789 bits per heavy atom. The number of Topliss-reactive ketones (excluding diaryl/α,β-unsaturated/α-hetero) is 1. The summed E-state index contributed by atoms with van der Waals surface area (Å²) in [6.45, 7) is 12.5. The monoisotopic (exact) mass is 977 g/mol. The van der Waals surface area contributed by atoms with Gasteiger partial charge >= 0.3 is 18.3 Å². The summed E-state index contributed by atoms with van der Waals surface area (Å²) < 4.78 is 34.4. The number of anilines is 1. The average molecular weight is 977 g/mol. The second kappa shape index (κ2) is 25.0. The molecule has 1 aliphatic heterocycles. The number of hydrogen-bond donors (Lipinski definition) is 3. The van der Waals surface area contributed by atoms with Gasteiger partial charge in [0.15, 0.2) is 17.3 Å². The summed E-state index contributed by atoms with van der Waals surface area (Å²) >= 11 is 0. The molecule has 6 rings (SSSR count). The third-order valence-electron chi connectivity index (χ3n) is 13.0. The average Bonchev–Trinajstić information content (AvgIpc) is 3.67. The Balaban J connectivity index is 1.13. The van der Waals surface area contributed by atoms with Crippen LogP contribution >= 0.6 is 0 Å². The van der Waals surface area contributed by atoms with Crippen molar-refractivity contribution in [2.45, 2.75) is 123 Å². The van der Waals surface area contributed by atoms with Crippen molar-refractivity contribution >= 4 is 35.7 Å². The van der Waals surface area contributed by atoms with Crippen LogP contribution in [0.3, 0.4) is 0 Å². The quantitative estimate of drug-likeness (QED) is 0.0504. The van der Waals surface area contributed by atoms with Crippen LogP contribution in [0.15, 0.2) is 91.0 Å². The summed E-state index contributed by atoms with van der Waals surface area (Å²) in [4.78, 5) is 69.4. The number of nitrogens with zero attached hydrogens (tertiary/aromatic N) is 1. The van der Waals surface area contributed by atoms with E-state index < -0.39 is 48.0 Å². The molecule has 3 atom stereocenters. The Labute approximate surface area is 418 Å². The standard InChI is InChI=1S/C56H72N4O11/c1-9-56(5,6)36-68-35-47(61)46-25-14-15-31-60(46)54(65)70-48(28-26-37-27-29-49(66-7)50(32-37)67-8)38-18-16-19-39(33-38)58-51(62)45(59-53(64)71-55(2,3)4)24-17-30-57-52(63)69-34-44-42-22-12-10-20-40(42)41-21-11-13-23-43(41)44/h10-13,16,18-23,27,29,32-33,44-46,48H,9,14-15,17,24-26,28,30-31,34-36H2,1-8H3,(H,57,63)(H,58,62)(H,59,64). The number of aryl methyl sites for hydroxylation is 1. The normalized spacial score (nSPS) is 15.3. The molecule has 0 aromatic heterocycles. The van der Waals surface area contributed by atoms with Crippen molar-refractivity contribution in [2.24, 2.45) is 5.41 Å². The lowest BCUT2D eigenvalue weighted by molar-refractivity contribution is -0.130. The second-order valence-electron chi connectivity index (χ2n) is 20.0. The van der Waals surface area contributed by atoms with Crippen molar-refractivity contribution < 1.29 is 52.4 Å². The van der Waals surface area contributed by atoms with E-state index in [9.17, 15) is 24.0 Å². The summed E-state index contributed by atoms with van der Waals surface area (Å²) in [5.41, 5.74) is 5.47. The van der Waals surface area contributed by atoms with Gasteiger partial charge in [-0.25, -0.2) is 14.4 Å². The summed E-state index contributed by atoms with van der Waals surface area (Å²) in [5.74, 6) is 0.362. The van der Waals surface area contributed by atoms with Crippen LogP contribution in [0.4, 0.5) is 20.1 Å². The molecular weight excluding hydrogens is 905 g/mol. The number of fused-ring (bicyclic) bond motifs is 3. The van der Waals surface area contributed by atoms with E-state index in [4.69, 9.17) is 28.4 Å². The number of likely N-dealkylation sites (tertiary alicyclic amines) is 1. The first kappa shape index (κ1) is 53.7. The van der Waals surface area contributed by atoms with Gasteiger partial charge in [0.05, 0.1) is 26.9 Å². The molecule has 1 heterocycles. The smallest absolute Gasteiger partial charge is 0.410 e. The molecule has 1 saturated heterocycles. The van der Waals surface area contributed by atoms with Crippen LogP contribution in [-0.4, -0.2) is 99.7 Å². The number of methoxy groups -OCH3 is 2. The van der Waals surface area contributed by atoms with Crippen LogP contribution in [0.25, 0.3) is 11.1 Å². The minimum atomic E-state index is -1.05. The molecule has 0 radical (unpaired) electrons. The van der Waals surface area contributed by atoms with E-state index in [0.29, 0.717) is 61.6 Å². The van der Waals surface area contributed by atoms with Gasteiger partial charge in [0.2, 0.25) is 5.91 Å². The summed E-state index contributed by atoms with van der Waals surface area (Å²) in [6.07, 6.45) is 1.44. The van der Waals surface area contributed by atoms with E-state index in [0.717, 1.165) is 47.1 Å². The minimum absolute atomic E-state index is 0.0801. The fourth-order valence-electron chi connectivity index (χ4n) is 8.84. The Hall–Kier alpha value is -6.61. The van der Waals surface area contributed by atoms with E-state index in [1.54, 1.807) is 53.2 Å². The molecule has 71 heavy (non-hydrogen) atoms. The highest BCUT2D eigenvalue weighted by Crippen LogP contribution is 2.44. The van der Waals surface area contributed by atoms with Gasteiger partial charge in [-0.15, -0.1) is 0 Å². The number of nitrogens with one attached hydrogen (secondary N) is 3. The molecule has 1 aliphatic carbocycles. The number of ether oxygens (including phenoxy) is 6. The Kier molecular flexibility index (Phi) is 18.9. The van der Waals surface area contributed by atoms with Crippen molar-refractivity contribution in [3.05, 3.63) is 113 Å². The number of amides is 4. The fraction of sp³-hybridized carbons (Fsp3) is 0.482. The highest BCUT2D eigenvalue weighted by molar-refractivity contribution is 5.96. The molecule has 382 valence electrons. The van der Waals surface area contributed by atoms with E-state index >= 15 is 0 Å². The largest absolute Gasteiger partial charge is 0.493 e. The van der Waals surface area contributed by atoms with Crippen LogP contribution in [-0.2, 0) is 35.0 Å². The first-order valence-electron chi connectivity index (χ1n) is 24.8. The van der Waals surface area contributed by atoms with Crippen LogP contribution in [0.1, 0.15) is 121 Å². The van der Waals surface area contributed by atoms with Gasteiger partial charge in [0.25, 0.3) is 0 Å². The summed E-state index contributed by atoms with van der Waals surface area (Å²) in [5, 5.41) is 8.43. The molecule has 0 saturated carbocycles. The first-order valence-corrected chi connectivity index (χ1v) is 24.8. The van der Waals surface area contributed by atoms with E-state index in [1.807, 2.05) is 48.5 Å². The summed E-state index contributed by atoms with van der Waals surface area (Å²) in [7, 11) is 3.13. The lowest BCUT2D eigenvalue weighted by Gasteiger charge is -2.35. The van der Waals surface area contributed by atoms with Crippen LogP contribution in [0.2, 0.25) is 0 Å². The Morgan fingerprint density at radius 3 is 2.17 bits per heavy atom. The second-order valence-corrected chi connectivity index (χ2v) is 20.0. The number of carbonyl (C=O) groups excluding carboxylic acids is 5. The molecule has 3 unspecified atom stereocenters. The summed E-state index contributed by atoms with van der Waals surface area (Å²) in [6, 6.07) is 27.1. The number of hydrogen-bond acceptors (Lipinski definition) is 11. The zero-order chi connectivity index (χ0) is 51.1. The lowest BCUT2D eigenvalue weighted by Crippen LogP contribution is -2.49. The maximum absolute atomic E-state index is 14.2. The topological polar surface area (TPSA) is 180 Å². The molecule has 0 bridgehead atoms. The van der Waals surface area contributed by atoms with Gasteiger partial charge < -0.3 is 44.4 Å². The van der Waals surface area contributed by atoms with Crippen molar-refractivity contribution in [3.63, 3.8) is 0 Å². The van der Waals surface area contributed by atoms with Gasteiger partial charge in [0.1, 0.15) is 31.0 Å². The van der Waals surface area contributed by atoms with Crippen molar-refractivity contribution in [2.75, 3.05) is 52.4 Å². The number of ketones is 1. The Morgan fingerprint density at radius 2 is 1.49 bits per heavy atom. The van der Waals surface area contributed by atoms with E-state index in [2.05, 4.69) is 61.0 Å². The predicted octanol–water partition coefficient (Wildman–Crippen LogP) is 10.5. The van der Waals surface area contributed by atoms with Crippen LogP contribution in [0.5, 0.6) is 11.5 Å². The van der Waals surface area contributed by atoms with Gasteiger partial charge in [-0.05, 0) is 135 Å². The fourth-order valence-corrected chi connectivity index (χ4v) is 8.84. The molecule has 3 N–H and O–H groups in total. The molecule has 1 fully saturated rings. The molecule has 4 amide bonds. The zero-order valence-electron chi connectivity index (χ0n) is 42.6. The number of piperidine rings is 1.